The third-order valence-corrected chi connectivity index (χ3v) is 3.09. The molecule has 0 aliphatic rings. The lowest BCUT2D eigenvalue weighted by atomic mass is 10.2. The van der Waals surface area contributed by atoms with Gasteiger partial charge >= 0.3 is 0 Å². The molecule has 7 heteroatoms. The highest BCUT2D eigenvalue weighted by molar-refractivity contribution is 7.98. The predicted molar refractivity (Wildman–Crippen MR) is 71.2 cm³/mol. The summed E-state index contributed by atoms with van der Waals surface area (Å²) in [5.41, 5.74) is 12.1. The molecule has 0 saturated heterocycles. The van der Waals surface area contributed by atoms with E-state index in [1.807, 2.05) is 24.3 Å². The Morgan fingerprint density at radius 1 is 1.06 bits per heavy atom. The first-order valence-electron chi connectivity index (χ1n) is 5.20. The Labute approximate surface area is 109 Å². The maximum Gasteiger partial charge on any atom is 0.225 e. The van der Waals surface area contributed by atoms with Crippen LogP contribution in [0.3, 0.4) is 0 Å². The number of anilines is 2. The predicted octanol–water partition coefficient (Wildman–Crippen LogP) is 1.34. The molecule has 0 aliphatic heterocycles. The largest absolute Gasteiger partial charge is 0.497 e. The first-order valence-corrected chi connectivity index (χ1v) is 6.18. The fourth-order valence-electron chi connectivity index (χ4n) is 1.32. The van der Waals surface area contributed by atoms with Crippen LogP contribution in [-0.4, -0.2) is 22.1 Å². The summed E-state index contributed by atoms with van der Waals surface area (Å²) in [6.07, 6.45) is 0. The highest BCUT2D eigenvalue weighted by Gasteiger charge is 2.03. The zero-order chi connectivity index (χ0) is 13.0. The Morgan fingerprint density at radius 3 is 2.22 bits per heavy atom. The van der Waals surface area contributed by atoms with Crippen LogP contribution in [0.15, 0.2) is 29.4 Å². The van der Waals surface area contributed by atoms with Crippen molar-refractivity contribution in [2.75, 3.05) is 18.6 Å². The molecule has 2 rings (SSSR count). The molecule has 0 saturated carbocycles. The Balaban J connectivity index is 2.01. The summed E-state index contributed by atoms with van der Waals surface area (Å²) in [4.78, 5) is 11.7. The first kappa shape index (κ1) is 12.4. The molecule has 0 amide bonds. The van der Waals surface area contributed by atoms with Crippen LogP contribution < -0.4 is 16.2 Å². The normalized spacial score (nSPS) is 10.3. The molecule has 6 nitrogen and oxygen atoms in total. The van der Waals surface area contributed by atoms with Crippen molar-refractivity contribution in [2.24, 2.45) is 0 Å². The monoisotopic (exact) mass is 263 g/mol. The topological polar surface area (TPSA) is 99.9 Å². The average molecular weight is 263 g/mol. The van der Waals surface area contributed by atoms with Crippen molar-refractivity contribution in [3.63, 3.8) is 0 Å². The lowest BCUT2D eigenvalue weighted by Crippen LogP contribution is -2.03. The van der Waals surface area contributed by atoms with Crippen LogP contribution in [0.2, 0.25) is 0 Å². The maximum atomic E-state index is 5.49. The number of hydrogen-bond donors (Lipinski definition) is 2. The van der Waals surface area contributed by atoms with Gasteiger partial charge in [0.25, 0.3) is 0 Å². The van der Waals surface area contributed by atoms with Crippen LogP contribution in [0.4, 0.5) is 11.9 Å². The summed E-state index contributed by atoms with van der Waals surface area (Å²) < 4.78 is 5.09. The molecular weight excluding hydrogens is 250 g/mol. The minimum absolute atomic E-state index is 0.139. The van der Waals surface area contributed by atoms with E-state index in [0.717, 1.165) is 17.1 Å². The Bertz CT molecular complexity index is 511. The molecule has 0 aliphatic carbocycles. The quantitative estimate of drug-likeness (QED) is 0.803. The van der Waals surface area contributed by atoms with E-state index in [1.165, 1.54) is 11.8 Å². The van der Waals surface area contributed by atoms with Crippen LogP contribution >= 0.6 is 11.8 Å². The van der Waals surface area contributed by atoms with E-state index in [4.69, 9.17) is 16.2 Å². The second-order valence-electron chi connectivity index (χ2n) is 3.47. The molecule has 0 spiro atoms. The van der Waals surface area contributed by atoms with E-state index < -0.39 is 0 Å². The number of aromatic nitrogens is 3. The van der Waals surface area contributed by atoms with Crippen molar-refractivity contribution < 1.29 is 4.74 Å². The van der Waals surface area contributed by atoms with Crippen LogP contribution in [0.5, 0.6) is 5.75 Å². The van der Waals surface area contributed by atoms with Crippen molar-refractivity contribution in [2.45, 2.75) is 10.9 Å². The van der Waals surface area contributed by atoms with Gasteiger partial charge < -0.3 is 16.2 Å². The molecular formula is C11H13N5OS. The van der Waals surface area contributed by atoms with Gasteiger partial charge in [0.15, 0.2) is 5.16 Å². The van der Waals surface area contributed by atoms with Gasteiger partial charge in [-0.3, -0.25) is 0 Å². The molecule has 4 N–H and O–H groups in total. The van der Waals surface area contributed by atoms with E-state index in [1.54, 1.807) is 7.11 Å². The number of nitrogens with two attached hydrogens (primary N) is 2. The number of nitrogens with zero attached hydrogens (tertiary/aromatic N) is 3. The van der Waals surface area contributed by atoms with Crippen molar-refractivity contribution in [3.05, 3.63) is 29.8 Å². The molecule has 1 aromatic carbocycles. The number of ether oxygens (including phenoxy) is 1. The average Bonchev–Trinajstić information content (AvgIpc) is 2.36. The van der Waals surface area contributed by atoms with Gasteiger partial charge in [-0.15, -0.1) is 0 Å². The van der Waals surface area contributed by atoms with Gasteiger partial charge in [0.2, 0.25) is 11.9 Å². The Kier molecular flexibility index (Phi) is 3.83. The number of thioether (sulfide) groups is 1. The van der Waals surface area contributed by atoms with Gasteiger partial charge in [-0.25, -0.2) is 0 Å². The molecule has 0 fully saturated rings. The molecule has 0 atom stereocenters. The van der Waals surface area contributed by atoms with Crippen LogP contribution in [-0.2, 0) is 5.75 Å². The zero-order valence-corrected chi connectivity index (χ0v) is 10.6. The Hall–Kier alpha value is -2.02. The number of benzene rings is 1. The molecule has 0 radical (unpaired) electrons. The van der Waals surface area contributed by atoms with Crippen LogP contribution in [0.1, 0.15) is 5.56 Å². The summed E-state index contributed by atoms with van der Waals surface area (Å²) in [5, 5.41) is 0.524. The molecule has 0 bridgehead atoms. The molecule has 18 heavy (non-hydrogen) atoms. The van der Waals surface area contributed by atoms with Gasteiger partial charge in [0, 0.05) is 5.75 Å². The van der Waals surface area contributed by atoms with Gasteiger partial charge in [-0.2, -0.15) is 15.0 Å². The van der Waals surface area contributed by atoms with Crippen molar-refractivity contribution in [1.82, 2.24) is 15.0 Å². The first-order chi connectivity index (χ1) is 8.67. The lowest BCUT2D eigenvalue weighted by molar-refractivity contribution is 0.414. The third-order valence-electron chi connectivity index (χ3n) is 2.18. The number of methoxy groups -OCH3 is 1. The Morgan fingerprint density at radius 2 is 1.67 bits per heavy atom. The van der Waals surface area contributed by atoms with Crippen molar-refractivity contribution in [3.8, 4) is 5.75 Å². The number of nitrogen functional groups attached to an aromatic ring is 2. The fraction of sp³-hybridized carbons (Fsp3) is 0.182. The summed E-state index contributed by atoms with van der Waals surface area (Å²) in [6.45, 7) is 0. The van der Waals surface area contributed by atoms with Crippen LogP contribution in [0, 0.1) is 0 Å². The summed E-state index contributed by atoms with van der Waals surface area (Å²) in [7, 11) is 1.64. The van der Waals surface area contributed by atoms with Crippen molar-refractivity contribution >= 4 is 23.7 Å². The van der Waals surface area contributed by atoms with E-state index in [0.29, 0.717) is 5.16 Å². The van der Waals surface area contributed by atoms with E-state index in [2.05, 4.69) is 15.0 Å². The maximum absolute atomic E-state index is 5.49. The van der Waals surface area contributed by atoms with E-state index in [9.17, 15) is 0 Å². The number of rotatable bonds is 4. The molecule has 2 aromatic rings. The van der Waals surface area contributed by atoms with E-state index in [-0.39, 0.29) is 11.9 Å². The highest BCUT2D eigenvalue weighted by Crippen LogP contribution is 2.21. The fourth-order valence-corrected chi connectivity index (χ4v) is 2.13. The number of hydrogen-bond acceptors (Lipinski definition) is 7. The molecule has 94 valence electrons. The van der Waals surface area contributed by atoms with Crippen LogP contribution in [0.25, 0.3) is 0 Å². The molecule has 1 heterocycles. The summed E-state index contributed by atoms with van der Waals surface area (Å²) >= 11 is 1.45. The van der Waals surface area contributed by atoms with Gasteiger partial charge in [-0.05, 0) is 17.7 Å². The third kappa shape index (κ3) is 3.24. The SMILES string of the molecule is COc1ccc(CSc2nc(N)nc(N)n2)cc1. The summed E-state index contributed by atoms with van der Waals surface area (Å²) in [6, 6.07) is 7.79. The van der Waals surface area contributed by atoms with Gasteiger partial charge in [0.1, 0.15) is 5.75 Å². The lowest BCUT2D eigenvalue weighted by Gasteiger charge is -2.03. The van der Waals surface area contributed by atoms with Crippen molar-refractivity contribution in [1.29, 1.82) is 0 Å². The van der Waals surface area contributed by atoms with Gasteiger partial charge in [0.05, 0.1) is 7.11 Å². The molecule has 0 unspecified atom stereocenters. The zero-order valence-electron chi connectivity index (χ0n) is 9.83. The highest BCUT2D eigenvalue weighted by atomic mass is 32.2. The summed E-state index contributed by atoms with van der Waals surface area (Å²) in [5.74, 6) is 1.84. The second kappa shape index (κ2) is 5.54. The minimum atomic E-state index is 0.139. The smallest absolute Gasteiger partial charge is 0.225 e. The minimum Gasteiger partial charge on any atom is -0.497 e. The van der Waals surface area contributed by atoms with Gasteiger partial charge in [-0.1, -0.05) is 23.9 Å². The standard InChI is InChI=1S/C11H13N5OS/c1-17-8-4-2-7(3-5-8)6-18-11-15-9(12)14-10(13)16-11/h2-5H,6H2,1H3,(H4,12,13,14,15,16). The molecule has 1 aromatic heterocycles. The van der Waals surface area contributed by atoms with E-state index >= 15 is 0 Å². The second-order valence-corrected chi connectivity index (χ2v) is 4.41.